The minimum Gasteiger partial charge on any atom is -0.487 e. The number of rotatable bonds is 4. The lowest BCUT2D eigenvalue weighted by Gasteiger charge is -2.53. The molecule has 0 heterocycles. The molecule has 100 valence electrons. The lowest BCUT2D eigenvalue weighted by atomic mass is 9.61. The third kappa shape index (κ3) is 2.01. The van der Waals surface area contributed by atoms with E-state index >= 15 is 0 Å². The summed E-state index contributed by atoms with van der Waals surface area (Å²) in [5.41, 5.74) is 0.723. The summed E-state index contributed by atoms with van der Waals surface area (Å²) >= 11 is 0. The van der Waals surface area contributed by atoms with Gasteiger partial charge in [0.1, 0.15) is 6.10 Å². The van der Waals surface area contributed by atoms with Crippen LogP contribution in [0.2, 0.25) is 0 Å². The van der Waals surface area contributed by atoms with E-state index in [1.54, 1.807) is 19.1 Å². The maximum atomic E-state index is 13.9. The van der Waals surface area contributed by atoms with Crippen LogP contribution < -0.4 is 10.1 Å². The Labute approximate surface area is 109 Å². The van der Waals surface area contributed by atoms with E-state index in [-0.39, 0.29) is 17.3 Å². The van der Waals surface area contributed by atoms with Crippen LogP contribution in [0.1, 0.15) is 32.3 Å². The maximum absolute atomic E-state index is 13.9. The number of halogens is 1. The molecule has 3 unspecified atom stereocenters. The van der Waals surface area contributed by atoms with Gasteiger partial charge in [-0.25, -0.2) is 4.39 Å². The second-order valence-electron chi connectivity index (χ2n) is 5.43. The van der Waals surface area contributed by atoms with Gasteiger partial charge in [-0.3, -0.25) is 0 Å². The predicted molar refractivity (Wildman–Crippen MR) is 71.4 cm³/mol. The Kier molecular flexibility index (Phi) is 3.62. The molecule has 2 nitrogen and oxygen atoms in total. The van der Waals surface area contributed by atoms with Crippen molar-refractivity contribution in [3.05, 3.63) is 29.6 Å². The van der Waals surface area contributed by atoms with Gasteiger partial charge in [-0.05, 0) is 32.0 Å². The van der Waals surface area contributed by atoms with E-state index in [2.05, 4.69) is 19.2 Å². The lowest BCUT2D eigenvalue weighted by Crippen LogP contribution is -2.62. The summed E-state index contributed by atoms with van der Waals surface area (Å²) < 4.78 is 19.8. The minimum atomic E-state index is -0.233. The van der Waals surface area contributed by atoms with Gasteiger partial charge in [-0.15, -0.1) is 0 Å². The van der Waals surface area contributed by atoms with Gasteiger partial charge in [0.25, 0.3) is 0 Å². The van der Waals surface area contributed by atoms with Crippen molar-refractivity contribution in [1.82, 2.24) is 5.32 Å². The van der Waals surface area contributed by atoms with Gasteiger partial charge in [-0.1, -0.05) is 26.0 Å². The van der Waals surface area contributed by atoms with E-state index in [1.807, 2.05) is 13.1 Å². The van der Waals surface area contributed by atoms with Crippen molar-refractivity contribution in [2.75, 3.05) is 7.05 Å². The van der Waals surface area contributed by atoms with Crippen LogP contribution >= 0.6 is 0 Å². The number of hydrogen-bond acceptors (Lipinski definition) is 2. The molecular weight excluding hydrogens is 229 g/mol. The fourth-order valence-corrected chi connectivity index (χ4v) is 2.79. The van der Waals surface area contributed by atoms with Gasteiger partial charge in [0, 0.05) is 17.9 Å². The Balaban J connectivity index is 2.14. The van der Waals surface area contributed by atoms with Crippen LogP contribution in [0, 0.1) is 18.2 Å². The summed E-state index contributed by atoms with van der Waals surface area (Å²) in [5.74, 6) is 0.151. The second-order valence-corrected chi connectivity index (χ2v) is 5.43. The lowest BCUT2D eigenvalue weighted by molar-refractivity contribution is -0.0693. The van der Waals surface area contributed by atoms with E-state index < -0.39 is 0 Å². The zero-order valence-corrected chi connectivity index (χ0v) is 11.6. The number of hydrogen-bond donors (Lipinski definition) is 1. The van der Waals surface area contributed by atoms with Gasteiger partial charge in [0.05, 0.1) is 0 Å². The maximum Gasteiger partial charge on any atom is 0.167 e. The molecule has 0 aromatic heterocycles. The molecule has 1 aliphatic carbocycles. The monoisotopic (exact) mass is 251 g/mol. The van der Waals surface area contributed by atoms with Crippen LogP contribution in [0.3, 0.4) is 0 Å². The Hall–Kier alpha value is -1.09. The quantitative estimate of drug-likeness (QED) is 0.886. The second kappa shape index (κ2) is 4.88. The first kappa shape index (κ1) is 13.3. The molecule has 0 bridgehead atoms. The molecule has 1 aliphatic rings. The number of ether oxygens (including phenoxy) is 1. The highest BCUT2D eigenvalue weighted by atomic mass is 19.1. The van der Waals surface area contributed by atoms with E-state index in [4.69, 9.17) is 4.74 Å². The first-order chi connectivity index (χ1) is 8.52. The van der Waals surface area contributed by atoms with Crippen molar-refractivity contribution in [3.8, 4) is 5.75 Å². The number of nitrogens with one attached hydrogen (secondary N) is 1. The molecule has 0 radical (unpaired) electrons. The molecule has 0 aliphatic heterocycles. The summed E-state index contributed by atoms with van der Waals surface area (Å²) in [7, 11) is 1.97. The normalized spacial score (nSPS) is 30.9. The molecule has 0 saturated heterocycles. The van der Waals surface area contributed by atoms with Crippen LogP contribution in [0.5, 0.6) is 5.75 Å². The SMILES string of the molecule is CCC1(C)C(NC)CC1Oc1cccc(C)c1F. The fourth-order valence-electron chi connectivity index (χ4n) is 2.79. The smallest absolute Gasteiger partial charge is 0.167 e. The minimum absolute atomic E-state index is 0.0882. The highest BCUT2D eigenvalue weighted by molar-refractivity contribution is 5.31. The first-order valence-corrected chi connectivity index (χ1v) is 6.62. The molecule has 0 spiro atoms. The molecular formula is C15H22FNO. The van der Waals surface area contributed by atoms with Crippen molar-refractivity contribution in [3.63, 3.8) is 0 Å². The van der Waals surface area contributed by atoms with E-state index in [0.29, 0.717) is 17.4 Å². The van der Waals surface area contributed by atoms with Crippen LogP contribution in [-0.4, -0.2) is 19.2 Å². The molecule has 2 rings (SSSR count). The number of benzene rings is 1. The van der Waals surface area contributed by atoms with E-state index in [9.17, 15) is 4.39 Å². The average molecular weight is 251 g/mol. The highest BCUT2D eigenvalue weighted by Crippen LogP contribution is 2.46. The Morgan fingerprint density at radius 3 is 2.83 bits per heavy atom. The van der Waals surface area contributed by atoms with Crippen molar-refractivity contribution in [2.24, 2.45) is 5.41 Å². The van der Waals surface area contributed by atoms with Gasteiger partial charge in [0.2, 0.25) is 0 Å². The van der Waals surface area contributed by atoms with Crippen LogP contribution in [0.25, 0.3) is 0 Å². The zero-order chi connectivity index (χ0) is 13.3. The summed E-state index contributed by atoms with van der Waals surface area (Å²) in [5, 5.41) is 3.31. The largest absolute Gasteiger partial charge is 0.487 e. The fraction of sp³-hybridized carbons (Fsp3) is 0.600. The molecule has 1 saturated carbocycles. The molecule has 3 heteroatoms. The highest BCUT2D eigenvalue weighted by Gasteiger charge is 2.51. The molecule has 1 aromatic carbocycles. The third-order valence-corrected chi connectivity index (χ3v) is 4.52. The van der Waals surface area contributed by atoms with Gasteiger partial charge >= 0.3 is 0 Å². The van der Waals surface area contributed by atoms with Gasteiger partial charge in [0.15, 0.2) is 11.6 Å². The predicted octanol–water partition coefficient (Wildman–Crippen LogP) is 3.29. The summed E-state index contributed by atoms with van der Waals surface area (Å²) in [4.78, 5) is 0. The van der Waals surface area contributed by atoms with E-state index in [0.717, 1.165) is 12.8 Å². The van der Waals surface area contributed by atoms with Crippen molar-refractivity contribution in [2.45, 2.75) is 45.8 Å². The summed E-state index contributed by atoms with van der Waals surface area (Å²) in [6.07, 6.45) is 2.06. The molecule has 1 aromatic rings. The molecule has 0 amide bonds. The van der Waals surface area contributed by atoms with Crippen molar-refractivity contribution < 1.29 is 9.13 Å². The Morgan fingerprint density at radius 2 is 2.22 bits per heavy atom. The Morgan fingerprint density at radius 1 is 1.50 bits per heavy atom. The zero-order valence-electron chi connectivity index (χ0n) is 11.6. The van der Waals surface area contributed by atoms with E-state index in [1.165, 1.54) is 0 Å². The molecule has 3 atom stereocenters. The van der Waals surface area contributed by atoms with Crippen LogP contribution in [0.15, 0.2) is 18.2 Å². The molecule has 1 N–H and O–H groups in total. The third-order valence-electron chi connectivity index (χ3n) is 4.52. The first-order valence-electron chi connectivity index (χ1n) is 6.62. The molecule has 18 heavy (non-hydrogen) atoms. The topological polar surface area (TPSA) is 21.3 Å². The van der Waals surface area contributed by atoms with Gasteiger partial charge < -0.3 is 10.1 Å². The summed E-state index contributed by atoms with van der Waals surface area (Å²) in [6, 6.07) is 5.77. The van der Waals surface area contributed by atoms with Crippen molar-refractivity contribution >= 4 is 0 Å². The van der Waals surface area contributed by atoms with Crippen LogP contribution in [0.4, 0.5) is 4.39 Å². The van der Waals surface area contributed by atoms with Gasteiger partial charge in [-0.2, -0.15) is 0 Å². The molecule has 1 fully saturated rings. The Bertz CT molecular complexity index is 435. The van der Waals surface area contributed by atoms with Crippen molar-refractivity contribution in [1.29, 1.82) is 0 Å². The standard InChI is InChI=1S/C15H22FNO/c1-5-15(3)12(17-4)9-13(15)18-11-8-6-7-10(2)14(11)16/h6-8,12-13,17H,5,9H2,1-4H3. The summed E-state index contributed by atoms with van der Waals surface area (Å²) in [6.45, 7) is 6.13. The van der Waals surface area contributed by atoms with Crippen LogP contribution in [-0.2, 0) is 0 Å². The number of aryl methyl sites for hydroxylation is 1. The average Bonchev–Trinajstić information content (AvgIpc) is 2.37.